The second-order valence-corrected chi connectivity index (χ2v) is 5.87. The molecule has 1 aromatic rings. The Bertz CT molecular complexity index is 533. The van der Waals surface area contributed by atoms with Crippen LogP contribution in [0.2, 0.25) is 0 Å². The Hall–Kier alpha value is -1.50. The predicted octanol–water partition coefficient (Wildman–Crippen LogP) is 3.21. The molecular weight excluding hydrogens is 334 g/mol. The topological polar surface area (TPSA) is 67.8 Å². The Labute approximate surface area is 149 Å². The van der Waals surface area contributed by atoms with Gasteiger partial charge in [0.2, 0.25) is 0 Å². The van der Waals surface area contributed by atoms with Crippen molar-refractivity contribution in [3.8, 4) is 17.2 Å². The summed E-state index contributed by atoms with van der Waals surface area (Å²) < 4.78 is 15.6. The fourth-order valence-electron chi connectivity index (χ4n) is 3.07. The summed E-state index contributed by atoms with van der Waals surface area (Å²) in [6, 6.07) is 3.33. The van der Waals surface area contributed by atoms with E-state index in [1.54, 1.807) is 19.2 Å². The number of methoxy groups -OCH3 is 3. The molecule has 1 heterocycles. The molecule has 2 rings (SSSR count). The predicted molar refractivity (Wildman–Crippen MR) is 94.4 cm³/mol. The molecule has 1 aromatic carbocycles. The van der Waals surface area contributed by atoms with Gasteiger partial charge < -0.3 is 24.1 Å². The van der Waals surface area contributed by atoms with Crippen molar-refractivity contribution in [2.75, 3.05) is 41.0 Å². The lowest BCUT2D eigenvalue weighted by Crippen LogP contribution is -2.39. The summed E-state index contributed by atoms with van der Waals surface area (Å²) in [5.41, 5.74) is 0.412. The lowest BCUT2D eigenvalue weighted by Gasteiger charge is -2.38. The van der Waals surface area contributed by atoms with E-state index in [1.165, 1.54) is 14.2 Å². The zero-order chi connectivity index (χ0) is 16.9. The normalized spacial score (nSPS) is 15.5. The standard InChI is InChI=1S/C17H25NO5.ClH/c1-21-13-11-15(22-2)17(16(12-13)23-3)14(19)7-6-10-18(20)8-4-5-9-18;/h11-12H,4-10H2,1-3H3;1H. The second-order valence-electron chi connectivity index (χ2n) is 5.87. The highest BCUT2D eigenvalue weighted by Gasteiger charge is 2.24. The summed E-state index contributed by atoms with van der Waals surface area (Å²) in [6.45, 7) is 1.83. The maximum absolute atomic E-state index is 12.6. The molecule has 7 heteroatoms. The number of hydrogen-bond acceptors (Lipinski definition) is 5. The fourth-order valence-corrected chi connectivity index (χ4v) is 3.07. The third-order valence-corrected chi connectivity index (χ3v) is 4.34. The molecule has 0 bridgehead atoms. The van der Waals surface area contributed by atoms with E-state index in [4.69, 9.17) is 14.2 Å². The molecule has 0 saturated carbocycles. The molecule has 0 aliphatic carbocycles. The smallest absolute Gasteiger partial charge is 0.170 e. The molecule has 24 heavy (non-hydrogen) atoms. The molecule has 0 radical (unpaired) electrons. The number of ether oxygens (including phenoxy) is 3. The van der Waals surface area contributed by atoms with Crippen LogP contribution in [0.15, 0.2) is 12.1 Å². The zero-order valence-electron chi connectivity index (χ0n) is 14.5. The number of Topliss-reactive ketones (excluding diaryl/α,β-unsaturated/α-hetero) is 1. The van der Waals surface area contributed by atoms with Gasteiger partial charge in [-0.25, -0.2) is 0 Å². The van der Waals surface area contributed by atoms with Crippen molar-refractivity contribution >= 4 is 18.2 Å². The summed E-state index contributed by atoms with van der Waals surface area (Å²) in [5, 5.41) is 12.3. The number of benzene rings is 1. The van der Waals surface area contributed by atoms with Crippen molar-refractivity contribution < 1.29 is 23.7 Å². The number of hydroxylamine groups is 3. The molecular formula is C17H26ClNO5. The SMILES string of the molecule is COc1cc(OC)c(C(=O)CCC[N+]2([O-])CCCC2)c(OC)c1.Cl. The molecule has 136 valence electrons. The Kier molecular flexibility index (Phi) is 7.79. The Morgan fingerprint density at radius 1 is 1.08 bits per heavy atom. The monoisotopic (exact) mass is 359 g/mol. The fraction of sp³-hybridized carbons (Fsp3) is 0.588. The Morgan fingerprint density at radius 3 is 2.08 bits per heavy atom. The first-order chi connectivity index (χ1) is 11.0. The molecule has 0 atom stereocenters. The van der Waals surface area contributed by atoms with Gasteiger partial charge in [0.25, 0.3) is 0 Å². The van der Waals surface area contributed by atoms with Gasteiger partial charge >= 0.3 is 0 Å². The van der Waals surface area contributed by atoms with Crippen LogP contribution in [0.5, 0.6) is 17.2 Å². The minimum Gasteiger partial charge on any atom is -0.633 e. The van der Waals surface area contributed by atoms with Crippen molar-refractivity contribution in [1.29, 1.82) is 0 Å². The zero-order valence-corrected chi connectivity index (χ0v) is 15.3. The quantitative estimate of drug-likeness (QED) is 0.405. The maximum Gasteiger partial charge on any atom is 0.170 e. The molecule has 1 fully saturated rings. The molecule has 1 aliphatic heterocycles. The van der Waals surface area contributed by atoms with Crippen molar-refractivity contribution in [1.82, 2.24) is 0 Å². The lowest BCUT2D eigenvalue weighted by atomic mass is 10.0. The number of carbonyl (C=O) groups is 1. The summed E-state index contributed by atoms with van der Waals surface area (Å²) >= 11 is 0. The molecule has 1 saturated heterocycles. The van der Waals surface area contributed by atoms with Crippen molar-refractivity contribution in [2.45, 2.75) is 25.7 Å². The van der Waals surface area contributed by atoms with Crippen LogP contribution in [-0.2, 0) is 0 Å². The van der Waals surface area contributed by atoms with Crippen LogP contribution < -0.4 is 14.2 Å². The van der Waals surface area contributed by atoms with Gasteiger partial charge in [0.05, 0.1) is 41.0 Å². The Balaban J connectivity index is 0.00000288. The van der Waals surface area contributed by atoms with Crippen LogP contribution in [0.1, 0.15) is 36.0 Å². The molecule has 0 spiro atoms. The van der Waals surface area contributed by atoms with Crippen molar-refractivity contribution in [3.05, 3.63) is 22.9 Å². The molecule has 1 aliphatic rings. The Morgan fingerprint density at radius 2 is 1.62 bits per heavy atom. The molecule has 6 nitrogen and oxygen atoms in total. The number of ketones is 1. The lowest BCUT2D eigenvalue weighted by molar-refractivity contribution is -0.868. The summed E-state index contributed by atoms with van der Waals surface area (Å²) in [7, 11) is 4.56. The van der Waals surface area contributed by atoms with Crippen LogP contribution in [0.3, 0.4) is 0 Å². The third kappa shape index (κ3) is 4.75. The van der Waals surface area contributed by atoms with E-state index in [1.807, 2.05) is 0 Å². The number of likely N-dealkylation sites (tertiary alicyclic amines) is 1. The van der Waals surface area contributed by atoms with E-state index >= 15 is 0 Å². The van der Waals surface area contributed by atoms with Crippen LogP contribution in [0.25, 0.3) is 0 Å². The van der Waals surface area contributed by atoms with Gasteiger partial charge in [-0.2, -0.15) is 0 Å². The summed E-state index contributed by atoms with van der Waals surface area (Å²) in [5.74, 6) is 1.35. The molecule has 0 N–H and O–H groups in total. The van der Waals surface area contributed by atoms with E-state index in [-0.39, 0.29) is 22.8 Å². The van der Waals surface area contributed by atoms with Gasteiger partial charge in [-0.3, -0.25) is 4.79 Å². The van der Waals surface area contributed by atoms with E-state index in [2.05, 4.69) is 0 Å². The first-order valence-corrected chi connectivity index (χ1v) is 7.93. The number of rotatable bonds is 8. The number of hydrogen-bond donors (Lipinski definition) is 0. The highest BCUT2D eigenvalue weighted by Crippen LogP contribution is 2.35. The minimum absolute atomic E-state index is 0. The highest BCUT2D eigenvalue weighted by atomic mass is 35.5. The minimum atomic E-state index is -0.163. The average Bonchev–Trinajstić information content (AvgIpc) is 2.99. The van der Waals surface area contributed by atoms with Crippen molar-refractivity contribution in [2.24, 2.45) is 0 Å². The van der Waals surface area contributed by atoms with E-state index in [9.17, 15) is 10.0 Å². The first-order valence-electron chi connectivity index (χ1n) is 7.93. The number of carbonyl (C=O) groups excluding carboxylic acids is 1. The average molecular weight is 360 g/mol. The van der Waals surface area contributed by atoms with Gasteiger partial charge in [0.1, 0.15) is 22.8 Å². The molecule has 0 unspecified atom stereocenters. The van der Waals surface area contributed by atoms with E-state index < -0.39 is 0 Å². The van der Waals surface area contributed by atoms with Crippen molar-refractivity contribution in [3.63, 3.8) is 0 Å². The van der Waals surface area contributed by atoms with Crippen LogP contribution in [-0.4, -0.2) is 51.4 Å². The van der Waals surface area contributed by atoms with Crippen LogP contribution in [0, 0.1) is 5.21 Å². The largest absolute Gasteiger partial charge is 0.633 e. The number of quaternary nitrogens is 1. The van der Waals surface area contributed by atoms with Gasteiger partial charge in [0, 0.05) is 37.8 Å². The van der Waals surface area contributed by atoms with Gasteiger partial charge in [0.15, 0.2) is 5.78 Å². The van der Waals surface area contributed by atoms with Gasteiger partial charge in [-0.05, 0) is 0 Å². The van der Waals surface area contributed by atoms with Crippen LogP contribution >= 0.6 is 12.4 Å². The number of nitrogens with zero attached hydrogens (tertiary/aromatic N) is 1. The first kappa shape index (κ1) is 20.5. The summed E-state index contributed by atoms with van der Waals surface area (Å²) in [6.07, 6.45) is 2.84. The molecule has 0 aromatic heterocycles. The van der Waals surface area contributed by atoms with E-state index in [0.717, 1.165) is 12.8 Å². The van der Waals surface area contributed by atoms with Gasteiger partial charge in [-0.1, -0.05) is 0 Å². The number of halogens is 1. The maximum atomic E-state index is 12.6. The van der Waals surface area contributed by atoms with Crippen LogP contribution in [0.4, 0.5) is 0 Å². The van der Waals surface area contributed by atoms with Gasteiger partial charge in [-0.15, -0.1) is 12.4 Å². The molecule has 0 amide bonds. The highest BCUT2D eigenvalue weighted by molar-refractivity contribution is 6.01. The third-order valence-electron chi connectivity index (χ3n) is 4.34. The second kappa shape index (κ2) is 9.11. The van der Waals surface area contributed by atoms with E-state index in [0.29, 0.717) is 55.3 Å². The summed E-state index contributed by atoms with van der Waals surface area (Å²) in [4.78, 5) is 12.6.